The predicted molar refractivity (Wildman–Crippen MR) is 219 cm³/mol. The van der Waals surface area contributed by atoms with Crippen molar-refractivity contribution in [3.8, 4) is 56.5 Å². The molecule has 0 N–H and O–H groups in total. The number of benzene rings is 8. The Morgan fingerprint density at radius 3 is 1.53 bits per heavy atom. The normalized spacial score (nSPS) is 12.1. The van der Waals surface area contributed by atoms with Crippen LogP contribution in [0.3, 0.4) is 0 Å². The van der Waals surface area contributed by atoms with Crippen molar-refractivity contribution in [3.05, 3.63) is 170 Å². The SMILES string of the molecule is c1ccc(-c2nc(-c3ccccc3)nc(-c3c4ccccc4c(-c4ccc5c(c4)nc4c6c(cccc65)Sc5ccccc5-4)c4ccccc34)n2)cc1. The Labute approximate surface area is 309 Å². The highest BCUT2D eigenvalue weighted by atomic mass is 32.2. The minimum Gasteiger partial charge on any atom is -0.247 e. The summed E-state index contributed by atoms with van der Waals surface area (Å²) in [6.07, 6.45) is 0. The first-order chi connectivity index (χ1) is 26.3. The fraction of sp³-hybridized carbons (Fsp3) is 0. The second-order valence-electron chi connectivity index (χ2n) is 13.3. The van der Waals surface area contributed by atoms with Crippen molar-refractivity contribution >= 4 is 55.0 Å². The molecule has 0 fully saturated rings. The van der Waals surface area contributed by atoms with Gasteiger partial charge in [0.05, 0.1) is 11.2 Å². The lowest BCUT2D eigenvalue weighted by Gasteiger charge is -2.21. The molecule has 0 radical (unpaired) electrons. The molecular weight excluding hydrogens is 665 g/mol. The van der Waals surface area contributed by atoms with Crippen molar-refractivity contribution in [3.63, 3.8) is 0 Å². The second-order valence-corrected chi connectivity index (χ2v) is 14.4. The summed E-state index contributed by atoms with van der Waals surface area (Å²) in [5, 5.41) is 8.07. The number of hydrogen-bond acceptors (Lipinski definition) is 5. The highest BCUT2D eigenvalue weighted by molar-refractivity contribution is 7.99. The summed E-state index contributed by atoms with van der Waals surface area (Å²) in [5.41, 5.74) is 8.41. The van der Waals surface area contributed by atoms with Crippen LogP contribution in [0.15, 0.2) is 180 Å². The number of pyridine rings is 1. The summed E-state index contributed by atoms with van der Waals surface area (Å²) in [6, 6.07) is 59.6. The molecule has 4 nitrogen and oxygen atoms in total. The molecule has 8 aromatic carbocycles. The van der Waals surface area contributed by atoms with Crippen molar-refractivity contribution in [1.29, 1.82) is 0 Å². The maximum atomic E-state index is 5.42. The van der Waals surface area contributed by atoms with Gasteiger partial charge >= 0.3 is 0 Å². The predicted octanol–water partition coefficient (Wildman–Crippen LogP) is 12.7. The number of hydrogen-bond donors (Lipinski definition) is 0. The fourth-order valence-electron chi connectivity index (χ4n) is 7.93. The van der Waals surface area contributed by atoms with E-state index in [2.05, 4.69) is 133 Å². The van der Waals surface area contributed by atoms with Gasteiger partial charge in [0.25, 0.3) is 0 Å². The van der Waals surface area contributed by atoms with Gasteiger partial charge in [-0.15, -0.1) is 0 Å². The number of rotatable bonds is 4. The molecule has 0 spiro atoms. The van der Waals surface area contributed by atoms with Crippen molar-refractivity contribution < 1.29 is 0 Å². The van der Waals surface area contributed by atoms with E-state index < -0.39 is 0 Å². The largest absolute Gasteiger partial charge is 0.247 e. The molecule has 53 heavy (non-hydrogen) atoms. The molecule has 0 unspecified atom stereocenters. The molecule has 1 aliphatic heterocycles. The summed E-state index contributed by atoms with van der Waals surface area (Å²) in [5.74, 6) is 1.94. The van der Waals surface area contributed by atoms with Crippen LogP contribution in [-0.2, 0) is 0 Å². The Bertz CT molecular complexity index is 2970. The van der Waals surface area contributed by atoms with Gasteiger partial charge in [0, 0.05) is 42.8 Å². The van der Waals surface area contributed by atoms with E-state index >= 15 is 0 Å². The minimum atomic E-state index is 0.645. The topological polar surface area (TPSA) is 51.6 Å². The molecule has 0 saturated carbocycles. The molecule has 0 saturated heterocycles. The summed E-state index contributed by atoms with van der Waals surface area (Å²) >= 11 is 1.83. The maximum absolute atomic E-state index is 5.42. The van der Waals surface area contributed by atoms with E-state index in [4.69, 9.17) is 19.9 Å². The van der Waals surface area contributed by atoms with Crippen LogP contribution >= 0.6 is 11.8 Å². The average molecular weight is 693 g/mol. The summed E-state index contributed by atoms with van der Waals surface area (Å²) in [7, 11) is 0. The minimum absolute atomic E-state index is 0.645. The van der Waals surface area contributed by atoms with Crippen LogP contribution in [0.2, 0.25) is 0 Å². The van der Waals surface area contributed by atoms with Gasteiger partial charge in [-0.2, -0.15) is 0 Å². The fourth-order valence-corrected chi connectivity index (χ4v) is 9.05. The smallest absolute Gasteiger partial charge is 0.165 e. The van der Waals surface area contributed by atoms with Crippen LogP contribution in [0.4, 0.5) is 0 Å². The maximum Gasteiger partial charge on any atom is 0.165 e. The molecule has 0 amide bonds. The highest BCUT2D eigenvalue weighted by Crippen LogP contribution is 2.49. The molecule has 0 bridgehead atoms. The van der Waals surface area contributed by atoms with E-state index in [0.29, 0.717) is 17.5 Å². The standard InChI is InChI=1S/C48H28N4S/c1-3-14-29(15-4-1)46-50-47(30-16-5-2-6-17-30)52-48(51-46)43-36-20-9-7-18-34(36)42(35-19-8-10-21-37(35)43)31-26-27-32-33-23-13-25-41-44(33)45(49-39(32)28-31)38-22-11-12-24-40(38)53-41/h1-28H. The van der Waals surface area contributed by atoms with Crippen molar-refractivity contribution in [2.45, 2.75) is 9.79 Å². The van der Waals surface area contributed by atoms with Crippen molar-refractivity contribution in [2.24, 2.45) is 0 Å². The Morgan fingerprint density at radius 1 is 0.340 bits per heavy atom. The van der Waals surface area contributed by atoms with Gasteiger partial charge in [0.1, 0.15) is 0 Å². The Balaban J connectivity index is 1.18. The van der Waals surface area contributed by atoms with Gasteiger partial charge in [-0.1, -0.05) is 163 Å². The monoisotopic (exact) mass is 692 g/mol. The first-order valence-electron chi connectivity index (χ1n) is 17.7. The van der Waals surface area contributed by atoms with Crippen LogP contribution in [-0.4, -0.2) is 19.9 Å². The van der Waals surface area contributed by atoms with E-state index in [-0.39, 0.29) is 0 Å². The van der Waals surface area contributed by atoms with Crippen LogP contribution < -0.4 is 0 Å². The lowest BCUT2D eigenvalue weighted by Crippen LogP contribution is -2.01. The molecule has 2 aromatic heterocycles. The van der Waals surface area contributed by atoms with E-state index in [1.807, 2.05) is 48.2 Å². The zero-order valence-electron chi connectivity index (χ0n) is 28.4. The van der Waals surface area contributed by atoms with Crippen molar-refractivity contribution in [1.82, 2.24) is 19.9 Å². The van der Waals surface area contributed by atoms with Gasteiger partial charge in [-0.3, -0.25) is 0 Å². The third-order valence-electron chi connectivity index (χ3n) is 10.3. The van der Waals surface area contributed by atoms with Crippen LogP contribution in [0, 0.1) is 0 Å². The van der Waals surface area contributed by atoms with E-state index in [9.17, 15) is 0 Å². The van der Waals surface area contributed by atoms with E-state index in [1.165, 1.54) is 31.7 Å². The average Bonchev–Trinajstić information content (AvgIpc) is 3.23. The zero-order valence-corrected chi connectivity index (χ0v) is 29.2. The number of nitrogens with zero attached hydrogens (tertiary/aromatic N) is 4. The molecular formula is C48H28N4S. The Morgan fingerprint density at radius 2 is 0.868 bits per heavy atom. The van der Waals surface area contributed by atoms with Gasteiger partial charge in [0.15, 0.2) is 17.5 Å². The van der Waals surface area contributed by atoms with Crippen LogP contribution in [0.1, 0.15) is 0 Å². The van der Waals surface area contributed by atoms with Gasteiger partial charge < -0.3 is 0 Å². The van der Waals surface area contributed by atoms with Gasteiger partial charge in [0.2, 0.25) is 0 Å². The lowest BCUT2D eigenvalue weighted by atomic mass is 9.87. The van der Waals surface area contributed by atoms with Crippen molar-refractivity contribution in [2.75, 3.05) is 0 Å². The molecule has 11 rings (SSSR count). The summed E-state index contributed by atoms with van der Waals surface area (Å²) < 4.78 is 0. The van der Waals surface area contributed by atoms with Gasteiger partial charge in [-0.25, -0.2) is 19.9 Å². The Kier molecular flexibility index (Phi) is 6.76. The molecule has 10 aromatic rings. The zero-order chi connectivity index (χ0) is 34.9. The van der Waals surface area contributed by atoms with E-state index in [0.717, 1.165) is 60.4 Å². The van der Waals surface area contributed by atoms with Crippen LogP contribution in [0.5, 0.6) is 0 Å². The number of fused-ring (bicyclic) bond motifs is 6. The third kappa shape index (κ3) is 4.78. The third-order valence-corrected chi connectivity index (χ3v) is 11.4. The summed E-state index contributed by atoms with van der Waals surface area (Å²) in [6.45, 7) is 0. The summed E-state index contributed by atoms with van der Waals surface area (Å²) in [4.78, 5) is 23.3. The molecule has 3 heterocycles. The molecule has 5 heteroatoms. The lowest BCUT2D eigenvalue weighted by molar-refractivity contribution is 1.08. The van der Waals surface area contributed by atoms with E-state index in [1.54, 1.807) is 0 Å². The highest BCUT2D eigenvalue weighted by Gasteiger charge is 2.24. The molecule has 0 aliphatic carbocycles. The molecule has 246 valence electrons. The quantitative estimate of drug-likeness (QED) is 0.136. The Hall–Kier alpha value is -6.69. The molecule has 0 atom stereocenters. The number of aromatic nitrogens is 4. The van der Waals surface area contributed by atoms with Crippen LogP contribution in [0.25, 0.3) is 99.8 Å². The molecule has 1 aliphatic rings. The first kappa shape index (κ1) is 30.0. The second kappa shape index (κ2) is 11.9. The van der Waals surface area contributed by atoms with Gasteiger partial charge in [-0.05, 0) is 56.3 Å². The first-order valence-corrected chi connectivity index (χ1v) is 18.5.